The molecule has 36 heavy (non-hydrogen) atoms. The lowest BCUT2D eigenvalue weighted by Crippen LogP contribution is -2.48. The van der Waals surface area contributed by atoms with Gasteiger partial charge in [-0.15, -0.1) is 0 Å². The number of anilines is 4. The number of carbonyl (C=O) groups excluding carboxylic acids is 1. The first-order valence-electron chi connectivity index (χ1n) is 12.7. The number of aromatic nitrogens is 1. The fourth-order valence-corrected chi connectivity index (χ4v) is 7.12. The maximum absolute atomic E-state index is 12.6. The molecule has 2 amide bonds. The lowest BCUT2D eigenvalue weighted by Gasteiger charge is -2.57. The minimum Gasteiger partial charge on any atom is -0.478 e. The Morgan fingerprint density at radius 1 is 0.778 bits per heavy atom. The van der Waals surface area contributed by atoms with E-state index in [9.17, 15) is 14.7 Å². The number of carboxylic acids is 1. The molecule has 0 saturated heterocycles. The molecule has 4 aliphatic rings. The maximum atomic E-state index is 12.6. The van der Waals surface area contributed by atoms with E-state index >= 15 is 0 Å². The second-order valence-electron chi connectivity index (χ2n) is 10.8. The van der Waals surface area contributed by atoms with Gasteiger partial charge in [-0.25, -0.2) is 14.6 Å². The third-order valence-electron chi connectivity index (χ3n) is 8.24. The van der Waals surface area contributed by atoms with Crippen LogP contribution in [-0.2, 0) is 5.41 Å². The first kappa shape index (κ1) is 22.6. The van der Waals surface area contributed by atoms with Crippen LogP contribution >= 0.6 is 0 Å². The molecular formula is C29H30N4O3. The van der Waals surface area contributed by atoms with Gasteiger partial charge in [-0.3, -0.25) is 0 Å². The molecule has 4 saturated carbocycles. The van der Waals surface area contributed by atoms with Crippen molar-refractivity contribution < 1.29 is 14.7 Å². The van der Waals surface area contributed by atoms with E-state index in [-0.39, 0.29) is 17.4 Å². The molecule has 4 fully saturated rings. The van der Waals surface area contributed by atoms with Gasteiger partial charge in [-0.05, 0) is 116 Å². The number of amides is 2. The van der Waals surface area contributed by atoms with Gasteiger partial charge in [0.2, 0.25) is 0 Å². The quantitative estimate of drug-likeness (QED) is 0.315. The van der Waals surface area contributed by atoms with Crippen LogP contribution in [0.5, 0.6) is 0 Å². The van der Waals surface area contributed by atoms with Crippen LogP contribution in [0.2, 0.25) is 0 Å². The van der Waals surface area contributed by atoms with Gasteiger partial charge < -0.3 is 21.1 Å². The van der Waals surface area contributed by atoms with E-state index in [1.54, 1.807) is 30.3 Å². The Morgan fingerprint density at radius 3 is 1.86 bits per heavy atom. The number of rotatable bonds is 6. The van der Waals surface area contributed by atoms with Crippen molar-refractivity contribution >= 4 is 34.9 Å². The Kier molecular flexibility index (Phi) is 5.63. The lowest BCUT2D eigenvalue weighted by molar-refractivity contribution is -0.00518. The van der Waals surface area contributed by atoms with Crippen molar-refractivity contribution in [3.05, 3.63) is 78.0 Å². The van der Waals surface area contributed by atoms with Crippen LogP contribution in [0.4, 0.5) is 27.7 Å². The van der Waals surface area contributed by atoms with Crippen molar-refractivity contribution in [1.29, 1.82) is 0 Å². The van der Waals surface area contributed by atoms with Crippen LogP contribution < -0.4 is 16.0 Å². The predicted octanol–water partition coefficient (Wildman–Crippen LogP) is 6.64. The van der Waals surface area contributed by atoms with Crippen LogP contribution in [0.15, 0.2) is 66.9 Å². The zero-order chi connectivity index (χ0) is 24.7. The third kappa shape index (κ3) is 4.41. The lowest BCUT2D eigenvalue weighted by atomic mass is 9.48. The summed E-state index contributed by atoms with van der Waals surface area (Å²) in [5.41, 5.74) is 3.95. The van der Waals surface area contributed by atoms with E-state index in [1.165, 1.54) is 56.4 Å². The van der Waals surface area contributed by atoms with Gasteiger partial charge in [0.15, 0.2) is 0 Å². The summed E-state index contributed by atoms with van der Waals surface area (Å²) in [6.45, 7) is 0. The molecule has 0 unspecified atom stereocenters. The summed E-state index contributed by atoms with van der Waals surface area (Å²) in [5, 5.41) is 18.1. The van der Waals surface area contributed by atoms with Crippen LogP contribution in [0, 0.1) is 17.8 Å². The highest BCUT2D eigenvalue weighted by atomic mass is 16.4. The highest BCUT2D eigenvalue weighted by Gasteiger charge is 2.51. The number of aromatic carboxylic acids is 1. The molecule has 0 atom stereocenters. The van der Waals surface area contributed by atoms with Crippen molar-refractivity contribution in [2.45, 2.75) is 43.9 Å². The number of hydrogen-bond donors (Lipinski definition) is 4. The summed E-state index contributed by atoms with van der Waals surface area (Å²) in [6, 6.07) is 18.3. The van der Waals surface area contributed by atoms with Crippen LogP contribution in [-0.4, -0.2) is 22.1 Å². The number of urea groups is 1. The second kappa shape index (κ2) is 8.97. The standard InChI is InChI=1S/C29H30N4O3/c34-27(35)25-2-1-11-30-26(25)31-22-7-9-24(10-8-22)33-28(36)32-23-5-3-21(4-6-23)29-15-18-12-19(16-29)14-20(13-18)17-29/h1-11,18-20H,12-17H2,(H,30,31)(H,34,35)(H2,32,33,36). The van der Waals surface area contributed by atoms with Crippen LogP contribution in [0.25, 0.3) is 0 Å². The van der Waals surface area contributed by atoms with Crippen LogP contribution in [0.3, 0.4) is 0 Å². The number of pyridine rings is 1. The van der Waals surface area contributed by atoms with Gasteiger partial charge in [0.1, 0.15) is 11.4 Å². The monoisotopic (exact) mass is 482 g/mol. The molecule has 7 nitrogen and oxygen atoms in total. The van der Waals surface area contributed by atoms with E-state index in [1.807, 2.05) is 12.1 Å². The average molecular weight is 483 g/mol. The van der Waals surface area contributed by atoms with Gasteiger partial charge in [0.05, 0.1) is 0 Å². The molecule has 4 aliphatic carbocycles. The first-order chi connectivity index (χ1) is 17.5. The van der Waals surface area contributed by atoms with Gasteiger partial charge in [0.25, 0.3) is 0 Å². The zero-order valence-electron chi connectivity index (χ0n) is 20.0. The fraction of sp³-hybridized carbons (Fsp3) is 0.345. The summed E-state index contributed by atoms with van der Waals surface area (Å²) in [6.07, 6.45) is 9.82. The van der Waals surface area contributed by atoms with Gasteiger partial charge in [-0.1, -0.05) is 12.1 Å². The number of nitrogens with one attached hydrogen (secondary N) is 3. The highest BCUT2D eigenvalue weighted by molar-refractivity contribution is 6.00. The summed E-state index contributed by atoms with van der Waals surface area (Å²) < 4.78 is 0. The van der Waals surface area contributed by atoms with Gasteiger partial charge in [-0.2, -0.15) is 0 Å². The maximum Gasteiger partial charge on any atom is 0.339 e. The number of carbonyl (C=O) groups is 2. The average Bonchev–Trinajstić information content (AvgIpc) is 2.85. The minimum absolute atomic E-state index is 0.0910. The van der Waals surface area contributed by atoms with Crippen molar-refractivity contribution in [1.82, 2.24) is 4.98 Å². The number of nitrogens with zero attached hydrogens (tertiary/aromatic N) is 1. The Labute approximate surface area is 210 Å². The number of hydrogen-bond acceptors (Lipinski definition) is 4. The summed E-state index contributed by atoms with van der Waals surface area (Å²) in [4.78, 5) is 28.0. The normalized spacial score (nSPS) is 25.8. The molecular weight excluding hydrogens is 452 g/mol. The molecule has 0 aliphatic heterocycles. The minimum atomic E-state index is -1.05. The van der Waals surface area contributed by atoms with E-state index in [0.717, 1.165) is 23.4 Å². The molecule has 4 bridgehead atoms. The molecule has 3 aromatic rings. The Morgan fingerprint density at radius 2 is 1.31 bits per heavy atom. The molecule has 0 radical (unpaired) electrons. The highest BCUT2D eigenvalue weighted by Crippen LogP contribution is 2.60. The molecule has 4 N–H and O–H groups in total. The molecule has 0 spiro atoms. The van der Waals surface area contributed by atoms with Gasteiger partial charge >= 0.3 is 12.0 Å². The Bertz CT molecular complexity index is 1250. The summed E-state index contributed by atoms with van der Waals surface area (Å²) >= 11 is 0. The van der Waals surface area contributed by atoms with E-state index < -0.39 is 5.97 Å². The predicted molar refractivity (Wildman–Crippen MR) is 140 cm³/mol. The van der Waals surface area contributed by atoms with Crippen molar-refractivity contribution in [3.63, 3.8) is 0 Å². The molecule has 7 rings (SSSR count). The molecule has 184 valence electrons. The SMILES string of the molecule is O=C(Nc1ccc(Nc2ncccc2C(=O)O)cc1)Nc1ccc(C23CC4CC(CC(C4)C2)C3)cc1. The number of benzene rings is 2. The van der Waals surface area contributed by atoms with Crippen molar-refractivity contribution in [2.24, 2.45) is 17.8 Å². The van der Waals surface area contributed by atoms with E-state index in [2.05, 4.69) is 33.1 Å². The topological polar surface area (TPSA) is 103 Å². The number of carboxylic acid groups (broad SMARTS) is 1. The van der Waals surface area contributed by atoms with Gasteiger partial charge in [0, 0.05) is 23.3 Å². The second-order valence-corrected chi connectivity index (χ2v) is 10.8. The smallest absolute Gasteiger partial charge is 0.339 e. The summed E-state index contributed by atoms with van der Waals surface area (Å²) in [5.74, 6) is 1.94. The Hall–Kier alpha value is -3.87. The summed E-state index contributed by atoms with van der Waals surface area (Å²) in [7, 11) is 0. The molecule has 2 aromatic carbocycles. The molecule has 7 heteroatoms. The zero-order valence-corrected chi connectivity index (χ0v) is 20.0. The van der Waals surface area contributed by atoms with E-state index in [0.29, 0.717) is 16.8 Å². The molecule has 1 aromatic heterocycles. The largest absolute Gasteiger partial charge is 0.478 e. The van der Waals surface area contributed by atoms with Crippen molar-refractivity contribution in [2.75, 3.05) is 16.0 Å². The van der Waals surface area contributed by atoms with E-state index in [4.69, 9.17) is 0 Å². The van der Waals surface area contributed by atoms with Crippen molar-refractivity contribution in [3.8, 4) is 0 Å². The first-order valence-corrected chi connectivity index (χ1v) is 12.7. The fourth-order valence-electron chi connectivity index (χ4n) is 7.12. The van der Waals surface area contributed by atoms with Crippen LogP contribution in [0.1, 0.15) is 54.4 Å². The Balaban J connectivity index is 1.06. The third-order valence-corrected chi connectivity index (χ3v) is 8.24. The molecule has 1 heterocycles.